The van der Waals surface area contributed by atoms with Crippen LogP contribution in [0.4, 0.5) is 0 Å². The van der Waals surface area contributed by atoms with Gasteiger partial charge in [0.15, 0.2) is 5.65 Å². The van der Waals surface area contributed by atoms with Gasteiger partial charge < -0.3 is 4.74 Å². The number of hydrogen-bond donors (Lipinski definition) is 0. The van der Waals surface area contributed by atoms with Crippen LogP contribution in [0.3, 0.4) is 0 Å². The summed E-state index contributed by atoms with van der Waals surface area (Å²) in [5, 5.41) is 8.33. The topological polar surface area (TPSA) is 39.4 Å². The molecule has 4 heteroatoms. The number of rotatable bonds is 1. The Bertz CT molecular complexity index is 482. The van der Waals surface area contributed by atoms with Crippen molar-refractivity contribution in [3.63, 3.8) is 0 Å². The first-order chi connectivity index (χ1) is 7.04. The van der Waals surface area contributed by atoms with Crippen molar-refractivity contribution in [3.8, 4) is 5.88 Å². The number of methoxy groups -OCH3 is 1. The fraction of sp³-hybridized carbons (Fsp3) is 0.455. The fourth-order valence-corrected chi connectivity index (χ4v) is 1.56. The Morgan fingerprint density at radius 2 is 1.93 bits per heavy atom. The molecule has 0 bridgehead atoms. The standard InChI is InChI=1S/C11H15N3O/c1-11(2,3)10-13-12-8-6-5-7-9(15-4)14(8)10/h5-7H,1-4H3. The molecule has 15 heavy (non-hydrogen) atoms. The second-order valence-electron chi connectivity index (χ2n) is 4.54. The van der Waals surface area contributed by atoms with Crippen LogP contribution >= 0.6 is 0 Å². The van der Waals surface area contributed by atoms with E-state index < -0.39 is 0 Å². The molecule has 0 amide bonds. The van der Waals surface area contributed by atoms with E-state index in [4.69, 9.17) is 4.74 Å². The third-order valence-electron chi connectivity index (χ3n) is 2.27. The smallest absolute Gasteiger partial charge is 0.200 e. The first-order valence-corrected chi connectivity index (χ1v) is 4.92. The Labute approximate surface area is 88.9 Å². The normalized spacial score (nSPS) is 12.0. The largest absolute Gasteiger partial charge is 0.482 e. The van der Waals surface area contributed by atoms with Crippen molar-refractivity contribution in [2.45, 2.75) is 26.2 Å². The van der Waals surface area contributed by atoms with Crippen LogP contribution in [0.5, 0.6) is 5.88 Å². The number of hydrogen-bond acceptors (Lipinski definition) is 3. The van der Waals surface area contributed by atoms with E-state index in [2.05, 4.69) is 31.0 Å². The van der Waals surface area contributed by atoms with Crippen LogP contribution in [-0.2, 0) is 5.41 Å². The molecule has 0 saturated carbocycles. The van der Waals surface area contributed by atoms with Crippen LogP contribution < -0.4 is 4.74 Å². The minimum absolute atomic E-state index is 0.0476. The zero-order valence-corrected chi connectivity index (χ0v) is 9.48. The average molecular weight is 205 g/mol. The first kappa shape index (κ1) is 9.96. The maximum absolute atomic E-state index is 5.30. The van der Waals surface area contributed by atoms with Crippen LogP contribution in [0.1, 0.15) is 26.6 Å². The molecule has 4 nitrogen and oxygen atoms in total. The van der Waals surface area contributed by atoms with E-state index in [1.807, 2.05) is 22.6 Å². The molecule has 2 heterocycles. The quantitative estimate of drug-likeness (QED) is 0.715. The molecule has 0 aliphatic heterocycles. The zero-order chi connectivity index (χ0) is 11.1. The molecular weight excluding hydrogens is 190 g/mol. The minimum atomic E-state index is -0.0476. The molecule has 0 fully saturated rings. The third-order valence-corrected chi connectivity index (χ3v) is 2.27. The molecule has 0 saturated heterocycles. The van der Waals surface area contributed by atoms with Gasteiger partial charge in [-0.3, -0.25) is 0 Å². The number of pyridine rings is 1. The first-order valence-electron chi connectivity index (χ1n) is 4.92. The van der Waals surface area contributed by atoms with E-state index in [1.165, 1.54) is 0 Å². The van der Waals surface area contributed by atoms with Gasteiger partial charge in [-0.2, -0.15) is 0 Å². The molecule has 0 atom stereocenters. The average Bonchev–Trinajstić information content (AvgIpc) is 2.59. The van der Waals surface area contributed by atoms with Crippen molar-refractivity contribution in [3.05, 3.63) is 24.0 Å². The second kappa shape index (κ2) is 3.22. The predicted molar refractivity (Wildman–Crippen MR) is 58.2 cm³/mol. The minimum Gasteiger partial charge on any atom is -0.482 e. The van der Waals surface area contributed by atoms with Crippen molar-refractivity contribution in [2.75, 3.05) is 7.11 Å². The van der Waals surface area contributed by atoms with Gasteiger partial charge in [0.05, 0.1) is 7.11 Å². The van der Waals surface area contributed by atoms with Crippen LogP contribution in [0.2, 0.25) is 0 Å². The van der Waals surface area contributed by atoms with E-state index >= 15 is 0 Å². The van der Waals surface area contributed by atoms with Gasteiger partial charge in [0.1, 0.15) is 5.82 Å². The van der Waals surface area contributed by atoms with E-state index in [9.17, 15) is 0 Å². The maximum Gasteiger partial charge on any atom is 0.200 e. The lowest BCUT2D eigenvalue weighted by Crippen LogP contribution is -2.16. The summed E-state index contributed by atoms with van der Waals surface area (Å²) in [5.41, 5.74) is 0.771. The van der Waals surface area contributed by atoms with Crippen molar-refractivity contribution < 1.29 is 4.74 Å². The lowest BCUT2D eigenvalue weighted by molar-refractivity contribution is 0.384. The Morgan fingerprint density at radius 3 is 2.53 bits per heavy atom. The molecular formula is C11H15N3O. The lowest BCUT2D eigenvalue weighted by Gasteiger charge is -2.16. The molecule has 2 aromatic heterocycles. The summed E-state index contributed by atoms with van der Waals surface area (Å²) in [7, 11) is 1.65. The summed E-state index contributed by atoms with van der Waals surface area (Å²) < 4.78 is 7.25. The van der Waals surface area contributed by atoms with E-state index in [-0.39, 0.29) is 5.41 Å². The van der Waals surface area contributed by atoms with Gasteiger partial charge in [0.2, 0.25) is 5.88 Å². The predicted octanol–water partition coefficient (Wildman–Crippen LogP) is 2.04. The Hall–Kier alpha value is -1.58. The van der Waals surface area contributed by atoms with E-state index in [0.717, 1.165) is 17.4 Å². The zero-order valence-electron chi connectivity index (χ0n) is 9.48. The third kappa shape index (κ3) is 1.56. The highest BCUT2D eigenvalue weighted by Crippen LogP contribution is 2.24. The lowest BCUT2D eigenvalue weighted by atomic mass is 9.96. The van der Waals surface area contributed by atoms with Gasteiger partial charge in [-0.1, -0.05) is 26.8 Å². The maximum atomic E-state index is 5.30. The number of nitrogens with zero attached hydrogens (tertiary/aromatic N) is 3. The van der Waals surface area contributed by atoms with Crippen LogP contribution in [0, 0.1) is 0 Å². The summed E-state index contributed by atoms with van der Waals surface area (Å²) in [6.45, 7) is 6.32. The van der Waals surface area contributed by atoms with Crippen molar-refractivity contribution in [1.82, 2.24) is 14.6 Å². The highest BCUT2D eigenvalue weighted by atomic mass is 16.5. The van der Waals surface area contributed by atoms with Gasteiger partial charge in [-0.05, 0) is 12.1 Å². The molecule has 0 N–H and O–H groups in total. The molecule has 2 aromatic rings. The fourth-order valence-electron chi connectivity index (χ4n) is 1.56. The van der Waals surface area contributed by atoms with Crippen LogP contribution in [-0.4, -0.2) is 21.7 Å². The molecule has 0 radical (unpaired) electrons. The summed E-state index contributed by atoms with van der Waals surface area (Å²) >= 11 is 0. The summed E-state index contributed by atoms with van der Waals surface area (Å²) in [6.07, 6.45) is 0. The van der Waals surface area contributed by atoms with Gasteiger partial charge in [-0.25, -0.2) is 4.40 Å². The van der Waals surface area contributed by atoms with Gasteiger partial charge >= 0.3 is 0 Å². The molecule has 0 aromatic carbocycles. The summed E-state index contributed by atoms with van der Waals surface area (Å²) in [6, 6.07) is 5.74. The van der Waals surface area contributed by atoms with E-state index in [1.54, 1.807) is 7.11 Å². The highest BCUT2D eigenvalue weighted by molar-refractivity contribution is 5.43. The molecule has 0 unspecified atom stereocenters. The Morgan fingerprint density at radius 1 is 1.20 bits per heavy atom. The highest BCUT2D eigenvalue weighted by Gasteiger charge is 2.22. The number of aromatic nitrogens is 3. The number of ether oxygens (including phenoxy) is 1. The molecule has 0 spiro atoms. The van der Waals surface area contributed by atoms with Crippen LogP contribution in [0.25, 0.3) is 5.65 Å². The van der Waals surface area contributed by atoms with Gasteiger partial charge in [0, 0.05) is 5.41 Å². The van der Waals surface area contributed by atoms with Crippen molar-refractivity contribution in [1.29, 1.82) is 0 Å². The second-order valence-corrected chi connectivity index (χ2v) is 4.54. The molecule has 2 rings (SSSR count). The monoisotopic (exact) mass is 205 g/mol. The Balaban J connectivity index is 2.77. The molecule has 0 aliphatic carbocycles. The van der Waals surface area contributed by atoms with Gasteiger partial charge in [0.25, 0.3) is 0 Å². The number of fused-ring (bicyclic) bond motifs is 1. The SMILES string of the molecule is COc1cccc2nnc(C(C)(C)C)n12. The van der Waals surface area contributed by atoms with Gasteiger partial charge in [-0.15, -0.1) is 10.2 Å². The Kier molecular flexibility index (Phi) is 2.14. The van der Waals surface area contributed by atoms with E-state index in [0.29, 0.717) is 0 Å². The van der Waals surface area contributed by atoms with Crippen molar-refractivity contribution in [2.24, 2.45) is 0 Å². The van der Waals surface area contributed by atoms with Crippen molar-refractivity contribution >= 4 is 5.65 Å². The summed E-state index contributed by atoms with van der Waals surface area (Å²) in [5.74, 6) is 1.68. The summed E-state index contributed by atoms with van der Waals surface area (Å²) in [4.78, 5) is 0. The van der Waals surface area contributed by atoms with Crippen LogP contribution in [0.15, 0.2) is 18.2 Å². The molecule has 0 aliphatic rings. The molecule has 80 valence electrons.